The number of nitrogens with one attached hydrogen (secondary N) is 1. The van der Waals surface area contributed by atoms with Gasteiger partial charge in [0, 0.05) is 6.42 Å². The molecule has 0 spiro atoms. The Kier molecular flexibility index (Phi) is 36.1. The van der Waals surface area contributed by atoms with Crippen LogP contribution in [0.25, 0.3) is 0 Å². The van der Waals surface area contributed by atoms with Crippen LogP contribution in [0.5, 0.6) is 0 Å². The Balaban J connectivity index is 1.75. The zero-order chi connectivity index (χ0) is 48.9. The predicted molar refractivity (Wildman–Crippen MR) is 263 cm³/mol. The summed E-state index contributed by atoms with van der Waals surface area (Å²) in [5.74, 6) is -0.215. The van der Waals surface area contributed by atoms with Crippen molar-refractivity contribution in [3.63, 3.8) is 0 Å². The van der Waals surface area contributed by atoms with Crippen LogP contribution in [-0.2, 0) is 23.7 Å². The summed E-state index contributed by atoms with van der Waals surface area (Å²) in [5.41, 5.74) is 0. The van der Waals surface area contributed by atoms with Crippen LogP contribution in [0.4, 0.5) is 0 Å². The van der Waals surface area contributed by atoms with Crippen molar-refractivity contribution in [3.8, 4) is 0 Å². The molecule has 2 saturated heterocycles. The zero-order valence-corrected chi connectivity index (χ0v) is 41.4. The Morgan fingerprint density at radius 1 is 0.552 bits per heavy atom. The fraction of sp³-hybridized carbons (Fsp3) is 0.830. The number of aliphatic hydroxyl groups is 8. The molecule has 2 aliphatic heterocycles. The number of hydrogen-bond donors (Lipinski definition) is 9. The lowest BCUT2D eigenvalue weighted by Crippen LogP contribution is -2.65. The molecule has 12 atom stereocenters. The van der Waals surface area contributed by atoms with Gasteiger partial charge in [-0.1, -0.05) is 178 Å². The van der Waals surface area contributed by atoms with Crippen LogP contribution in [0.3, 0.4) is 0 Å². The summed E-state index contributed by atoms with van der Waals surface area (Å²) in [5, 5.41) is 86.8. The van der Waals surface area contributed by atoms with E-state index in [2.05, 4.69) is 67.8 Å². The topological polar surface area (TPSA) is 228 Å². The van der Waals surface area contributed by atoms with Gasteiger partial charge < -0.3 is 65.1 Å². The van der Waals surface area contributed by atoms with E-state index in [0.29, 0.717) is 12.8 Å². The number of carbonyl (C=O) groups excluding carboxylic acids is 1. The van der Waals surface area contributed by atoms with Crippen molar-refractivity contribution in [1.82, 2.24) is 5.32 Å². The minimum atomic E-state index is -1.78. The standard InChI is InChI=1S/C53H95NO13/c1-3-5-7-9-11-13-15-16-17-18-19-20-21-22-23-24-25-26-27-29-31-33-35-37-45(58)54-41(42(57)36-34-32-30-28-14-12-10-8-6-4-2)40-64-52-50(63)48(61)51(44(39-56)66-52)67-53-49(62)47(60)46(59)43(38-55)65-53/h5,7,11,13,16-17,19-20,41-44,46-53,55-57,59-63H,3-4,6,8-10,12,14-15,18,21-40H2,1-2H3,(H,54,58)/b7-5-,13-11-,17-16-,20-19-. The highest BCUT2D eigenvalue weighted by molar-refractivity contribution is 5.76. The first kappa shape index (κ1) is 61.1. The van der Waals surface area contributed by atoms with Gasteiger partial charge in [-0.3, -0.25) is 4.79 Å². The second kappa shape index (κ2) is 39.6. The molecule has 2 fully saturated rings. The molecule has 67 heavy (non-hydrogen) atoms. The van der Waals surface area contributed by atoms with E-state index < -0.39 is 86.8 Å². The predicted octanol–water partition coefficient (Wildman–Crippen LogP) is 7.27. The van der Waals surface area contributed by atoms with Crippen LogP contribution in [0.15, 0.2) is 48.6 Å². The molecule has 0 radical (unpaired) electrons. The van der Waals surface area contributed by atoms with Crippen molar-refractivity contribution in [1.29, 1.82) is 0 Å². The maximum atomic E-state index is 13.2. The van der Waals surface area contributed by atoms with Gasteiger partial charge in [-0.2, -0.15) is 0 Å². The van der Waals surface area contributed by atoms with Crippen LogP contribution in [0.2, 0.25) is 0 Å². The molecule has 14 heteroatoms. The molecule has 0 saturated carbocycles. The molecule has 9 N–H and O–H groups in total. The molecule has 2 aliphatic rings. The van der Waals surface area contributed by atoms with Crippen molar-refractivity contribution in [2.45, 2.75) is 261 Å². The maximum Gasteiger partial charge on any atom is 0.220 e. The molecule has 12 unspecified atom stereocenters. The molecule has 14 nitrogen and oxygen atoms in total. The van der Waals surface area contributed by atoms with Gasteiger partial charge in [0.2, 0.25) is 5.91 Å². The third-order valence-corrected chi connectivity index (χ3v) is 12.8. The number of allylic oxidation sites excluding steroid dienone is 8. The number of ether oxygens (including phenoxy) is 4. The van der Waals surface area contributed by atoms with Crippen molar-refractivity contribution in [3.05, 3.63) is 48.6 Å². The fourth-order valence-electron chi connectivity index (χ4n) is 8.52. The van der Waals surface area contributed by atoms with E-state index in [4.69, 9.17) is 18.9 Å². The quantitative estimate of drug-likeness (QED) is 0.0218. The second-order valence-corrected chi connectivity index (χ2v) is 18.6. The highest BCUT2D eigenvalue weighted by atomic mass is 16.7. The van der Waals surface area contributed by atoms with Gasteiger partial charge in [0.05, 0.1) is 32.0 Å². The SMILES string of the molecule is CC/C=C\C/C=C\C/C=C\C/C=C\CCCCCCCCCCCCC(=O)NC(COC1OC(CO)C(OC2OC(CO)C(O)C(O)C2O)C(O)C1O)C(O)CCCCCCCCCCCC. The van der Waals surface area contributed by atoms with E-state index in [0.717, 1.165) is 83.5 Å². The summed E-state index contributed by atoms with van der Waals surface area (Å²) >= 11 is 0. The summed E-state index contributed by atoms with van der Waals surface area (Å²) in [6, 6.07) is -0.830. The Morgan fingerprint density at radius 3 is 1.58 bits per heavy atom. The van der Waals surface area contributed by atoms with Crippen LogP contribution in [-0.4, -0.2) is 140 Å². The summed E-state index contributed by atoms with van der Waals surface area (Å²) in [7, 11) is 0. The van der Waals surface area contributed by atoms with Crippen LogP contribution in [0.1, 0.15) is 187 Å². The Labute approximate surface area is 403 Å². The zero-order valence-electron chi connectivity index (χ0n) is 41.4. The second-order valence-electron chi connectivity index (χ2n) is 18.6. The van der Waals surface area contributed by atoms with Gasteiger partial charge in [-0.05, 0) is 51.4 Å². The summed E-state index contributed by atoms with van der Waals surface area (Å²) in [4.78, 5) is 13.2. The molecule has 0 aromatic carbocycles. The van der Waals surface area contributed by atoms with E-state index in [1.807, 2.05) is 0 Å². The third kappa shape index (κ3) is 26.7. The van der Waals surface area contributed by atoms with E-state index in [1.165, 1.54) is 77.0 Å². The van der Waals surface area contributed by atoms with Gasteiger partial charge >= 0.3 is 0 Å². The van der Waals surface area contributed by atoms with E-state index in [-0.39, 0.29) is 12.5 Å². The monoisotopic (exact) mass is 954 g/mol. The lowest BCUT2D eigenvalue weighted by molar-refractivity contribution is -0.359. The van der Waals surface area contributed by atoms with Crippen molar-refractivity contribution in [2.75, 3.05) is 19.8 Å². The molecular weight excluding hydrogens is 859 g/mol. The average molecular weight is 954 g/mol. The number of rotatable bonds is 40. The molecule has 1 amide bonds. The number of unbranched alkanes of at least 4 members (excludes halogenated alkanes) is 19. The van der Waals surface area contributed by atoms with Crippen molar-refractivity contribution in [2.24, 2.45) is 0 Å². The normalized spacial score (nSPS) is 27.0. The molecular formula is C53H95NO13. The first-order valence-electron chi connectivity index (χ1n) is 26.4. The van der Waals surface area contributed by atoms with Gasteiger partial charge in [-0.15, -0.1) is 0 Å². The molecule has 0 aromatic rings. The van der Waals surface area contributed by atoms with E-state index in [1.54, 1.807) is 0 Å². The summed E-state index contributed by atoms with van der Waals surface area (Å²) in [6.07, 6.45) is 29.8. The minimum Gasteiger partial charge on any atom is -0.394 e. The fourth-order valence-corrected chi connectivity index (χ4v) is 8.52. The first-order chi connectivity index (χ1) is 32.6. The smallest absolute Gasteiger partial charge is 0.220 e. The number of carbonyl (C=O) groups is 1. The van der Waals surface area contributed by atoms with Crippen LogP contribution < -0.4 is 5.32 Å². The highest BCUT2D eigenvalue weighted by Crippen LogP contribution is 2.30. The molecule has 2 rings (SSSR count). The summed E-state index contributed by atoms with van der Waals surface area (Å²) < 4.78 is 22.7. The van der Waals surface area contributed by atoms with Gasteiger partial charge in [0.25, 0.3) is 0 Å². The lowest BCUT2D eigenvalue weighted by atomic mass is 9.97. The van der Waals surface area contributed by atoms with Crippen LogP contribution >= 0.6 is 0 Å². The third-order valence-electron chi connectivity index (χ3n) is 12.8. The lowest BCUT2D eigenvalue weighted by Gasteiger charge is -2.46. The number of hydrogen-bond acceptors (Lipinski definition) is 13. The highest BCUT2D eigenvalue weighted by Gasteiger charge is 2.51. The van der Waals surface area contributed by atoms with E-state index >= 15 is 0 Å². The van der Waals surface area contributed by atoms with Gasteiger partial charge in [0.1, 0.15) is 48.8 Å². The maximum absolute atomic E-state index is 13.2. The Hall–Kier alpha value is -2.05. The number of aliphatic hydroxyl groups excluding tert-OH is 8. The Bertz CT molecular complexity index is 1310. The molecule has 2 heterocycles. The van der Waals surface area contributed by atoms with E-state index in [9.17, 15) is 45.6 Å². The molecule has 0 aromatic heterocycles. The van der Waals surface area contributed by atoms with Gasteiger partial charge in [-0.25, -0.2) is 0 Å². The summed E-state index contributed by atoms with van der Waals surface area (Å²) in [6.45, 7) is 2.71. The van der Waals surface area contributed by atoms with Crippen LogP contribution in [0, 0.1) is 0 Å². The van der Waals surface area contributed by atoms with Crippen molar-refractivity contribution < 1.29 is 64.6 Å². The number of amides is 1. The minimum absolute atomic E-state index is 0.215. The molecule has 0 aliphatic carbocycles. The average Bonchev–Trinajstić information content (AvgIpc) is 3.32. The molecule has 390 valence electrons. The van der Waals surface area contributed by atoms with Gasteiger partial charge in [0.15, 0.2) is 12.6 Å². The largest absolute Gasteiger partial charge is 0.394 e. The molecule has 0 bridgehead atoms. The Morgan fingerprint density at radius 2 is 1.03 bits per heavy atom. The van der Waals surface area contributed by atoms with Crippen molar-refractivity contribution >= 4 is 5.91 Å². The first-order valence-corrected chi connectivity index (χ1v) is 26.4.